The fourth-order valence-corrected chi connectivity index (χ4v) is 3.65. The van der Waals surface area contributed by atoms with E-state index in [1.807, 2.05) is 0 Å². The molecule has 0 aromatic heterocycles. The molecule has 0 fully saturated rings. The quantitative estimate of drug-likeness (QED) is 0.165. The lowest BCUT2D eigenvalue weighted by atomic mass is 9.94. The molecule has 0 radical (unpaired) electrons. The van der Waals surface area contributed by atoms with Crippen molar-refractivity contribution >= 4 is 85.3 Å². The monoisotopic (exact) mass is 724 g/mol. The van der Waals surface area contributed by atoms with E-state index in [4.69, 9.17) is 70.8 Å². The minimum atomic E-state index is -0.770. The van der Waals surface area contributed by atoms with Gasteiger partial charge in [0.05, 0.1) is 0 Å². The van der Waals surface area contributed by atoms with Crippen LogP contribution in [0.4, 0.5) is 0 Å². The second kappa shape index (κ2) is 20.0. The average Bonchev–Trinajstić information content (AvgIpc) is 2.95. The van der Waals surface area contributed by atoms with Crippen LogP contribution in [-0.4, -0.2) is 73.5 Å². The van der Waals surface area contributed by atoms with Gasteiger partial charge in [0.1, 0.15) is 30.2 Å². The molecule has 2 aromatic rings. The van der Waals surface area contributed by atoms with Crippen LogP contribution in [0, 0.1) is 0 Å². The molecule has 0 saturated carbocycles. The molecule has 0 bridgehead atoms. The van der Waals surface area contributed by atoms with Gasteiger partial charge in [-0.3, -0.25) is 24.0 Å². The van der Waals surface area contributed by atoms with E-state index in [9.17, 15) is 33.6 Å². The van der Waals surface area contributed by atoms with E-state index in [-0.39, 0.29) is 28.0 Å². The standard InChI is InChI=1S/C12H22O6.C10H6Cl2O4.C8H4Cl2O2/c1-11(2,17-9(15)7-13)5-6-12(3,4)18-10(16)8-14;1-5(13)16-8-3-6(9(11)14)2-7(4-8)10(12)15;9-7(11)5-2-1-3-6(4-5)8(10)12/h13-14H,5-8H2,1-4H3;2-4H,1H3;1-4H. The van der Waals surface area contributed by atoms with Gasteiger partial charge in [-0.1, -0.05) is 18.2 Å². The van der Waals surface area contributed by atoms with Gasteiger partial charge in [-0.25, -0.2) is 9.59 Å². The van der Waals surface area contributed by atoms with Gasteiger partial charge in [0, 0.05) is 29.2 Å². The van der Waals surface area contributed by atoms with E-state index < -0.39 is 63.3 Å². The zero-order chi connectivity index (χ0) is 35.8. The minimum Gasteiger partial charge on any atom is -0.458 e. The maximum atomic E-state index is 11.0. The first-order valence-electron chi connectivity index (χ1n) is 13.0. The third-order valence-corrected chi connectivity index (χ3v) is 6.18. The maximum Gasteiger partial charge on any atom is 0.332 e. The lowest BCUT2D eigenvalue weighted by Crippen LogP contribution is -2.35. The Morgan fingerprint density at radius 3 is 1.22 bits per heavy atom. The van der Waals surface area contributed by atoms with Crippen molar-refractivity contribution in [1.82, 2.24) is 0 Å². The summed E-state index contributed by atoms with van der Waals surface area (Å²) in [5, 5.41) is 14.5. The number of benzene rings is 2. The normalized spacial score (nSPS) is 10.6. The third kappa shape index (κ3) is 17.9. The number of aliphatic hydroxyl groups excluding tert-OH is 2. The highest BCUT2D eigenvalue weighted by Gasteiger charge is 2.29. The highest BCUT2D eigenvalue weighted by molar-refractivity contribution is 6.69. The van der Waals surface area contributed by atoms with Crippen LogP contribution in [0.2, 0.25) is 0 Å². The lowest BCUT2D eigenvalue weighted by Gasteiger charge is -2.30. The van der Waals surface area contributed by atoms with E-state index in [0.717, 1.165) is 0 Å². The number of carbonyl (C=O) groups is 7. The van der Waals surface area contributed by atoms with E-state index in [0.29, 0.717) is 12.8 Å². The van der Waals surface area contributed by atoms with Crippen molar-refractivity contribution in [2.75, 3.05) is 13.2 Å². The van der Waals surface area contributed by atoms with Crippen molar-refractivity contribution in [2.45, 2.75) is 58.7 Å². The van der Waals surface area contributed by atoms with Crippen molar-refractivity contribution in [3.63, 3.8) is 0 Å². The van der Waals surface area contributed by atoms with E-state index in [2.05, 4.69) is 0 Å². The number of halogens is 4. The van der Waals surface area contributed by atoms with E-state index in [1.54, 1.807) is 33.8 Å². The highest BCUT2D eigenvalue weighted by atomic mass is 35.5. The Bertz CT molecular complexity index is 1350. The smallest absolute Gasteiger partial charge is 0.332 e. The van der Waals surface area contributed by atoms with Crippen LogP contribution in [-0.2, 0) is 23.9 Å². The molecule has 2 N–H and O–H groups in total. The van der Waals surface area contributed by atoms with Crippen molar-refractivity contribution in [2.24, 2.45) is 0 Å². The van der Waals surface area contributed by atoms with Crippen LogP contribution in [0.15, 0.2) is 42.5 Å². The largest absolute Gasteiger partial charge is 0.458 e. The lowest BCUT2D eigenvalue weighted by molar-refractivity contribution is -0.167. The fourth-order valence-electron chi connectivity index (χ4n) is 3.20. The zero-order valence-electron chi connectivity index (χ0n) is 25.4. The number of esters is 3. The Balaban J connectivity index is 0.000000672. The molecular formula is C30H32Cl4O12. The van der Waals surface area contributed by atoms with Gasteiger partial charge < -0.3 is 24.4 Å². The molecule has 46 heavy (non-hydrogen) atoms. The summed E-state index contributed by atoms with van der Waals surface area (Å²) in [4.78, 5) is 75.8. The highest BCUT2D eigenvalue weighted by Crippen LogP contribution is 2.25. The predicted octanol–water partition coefficient (Wildman–Crippen LogP) is 5.21. The first-order chi connectivity index (χ1) is 21.1. The van der Waals surface area contributed by atoms with Crippen LogP contribution >= 0.6 is 46.4 Å². The van der Waals surface area contributed by atoms with E-state index >= 15 is 0 Å². The van der Waals surface area contributed by atoms with Gasteiger partial charge in [0.15, 0.2) is 0 Å². The molecule has 12 nitrogen and oxygen atoms in total. The summed E-state index contributed by atoms with van der Waals surface area (Å²) in [5.74, 6) is -1.91. The summed E-state index contributed by atoms with van der Waals surface area (Å²) in [6, 6.07) is 9.64. The maximum absolute atomic E-state index is 11.0. The summed E-state index contributed by atoms with van der Waals surface area (Å²) in [5.41, 5.74) is -0.897. The Hall–Kier alpha value is -3.39. The van der Waals surface area contributed by atoms with Crippen LogP contribution in [0.5, 0.6) is 5.75 Å². The Kier molecular flexibility index (Phi) is 18.5. The molecule has 0 amide bonds. The molecule has 0 saturated heterocycles. The molecular weight excluding hydrogens is 694 g/mol. The van der Waals surface area contributed by atoms with Crippen LogP contribution in [0.3, 0.4) is 0 Å². The topological polar surface area (TPSA) is 188 Å². The molecule has 0 aliphatic heterocycles. The first kappa shape index (κ1) is 42.6. The van der Waals surface area contributed by atoms with Crippen LogP contribution in [0.25, 0.3) is 0 Å². The van der Waals surface area contributed by atoms with Gasteiger partial charge >= 0.3 is 17.9 Å². The Labute approximate surface area is 284 Å². The Morgan fingerprint density at radius 2 is 0.935 bits per heavy atom. The molecule has 0 aliphatic rings. The number of rotatable bonds is 12. The van der Waals surface area contributed by atoms with Gasteiger partial charge in [-0.15, -0.1) is 0 Å². The molecule has 252 valence electrons. The average molecular weight is 726 g/mol. The summed E-state index contributed by atoms with van der Waals surface area (Å²) in [7, 11) is 0. The van der Waals surface area contributed by atoms with Gasteiger partial charge in [-0.05, 0) is 111 Å². The number of hydrogen-bond donors (Lipinski definition) is 2. The SMILES string of the molecule is CC(=O)Oc1cc(C(=O)Cl)cc(C(=O)Cl)c1.CC(C)(CCC(C)(C)OC(=O)CO)OC(=O)CO.O=C(Cl)c1cccc(C(=O)Cl)c1. The minimum absolute atomic E-state index is 0.0319. The first-order valence-corrected chi connectivity index (χ1v) is 14.5. The van der Waals surface area contributed by atoms with Gasteiger partial charge in [-0.2, -0.15) is 0 Å². The summed E-state index contributed by atoms with van der Waals surface area (Å²) < 4.78 is 14.8. The molecule has 0 heterocycles. The van der Waals surface area contributed by atoms with Crippen molar-refractivity contribution < 1.29 is 58.0 Å². The van der Waals surface area contributed by atoms with E-state index in [1.165, 1.54) is 43.3 Å². The van der Waals surface area contributed by atoms with Crippen LogP contribution in [0.1, 0.15) is 88.9 Å². The molecule has 0 aliphatic carbocycles. The molecule has 0 spiro atoms. The number of ether oxygens (including phenoxy) is 3. The van der Waals surface area contributed by atoms with Crippen LogP contribution < -0.4 is 4.74 Å². The molecule has 0 unspecified atom stereocenters. The zero-order valence-corrected chi connectivity index (χ0v) is 28.4. The van der Waals surface area contributed by atoms with Gasteiger partial charge in [0.2, 0.25) is 0 Å². The Morgan fingerprint density at radius 1 is 0.609 bits per heavy atom. The molecule has 16 heteroatoms. The van der Waals surface area contributed by atoms with Crippen molar-refractivity contribution in [3.05, 3.63) is 64.7 Å². The molecule has 2 rings (SSSR count). The summed E-state index contributed by atoms with van der Waals surface area (Å²) in [6.07, 6.45) is 0.925. The second-order valence-corrected chi connectivity index (χ2v) is 11.7. The second-order valence-electron chi connectivity index (χ2n) is 10.3. The number of carbonyl (C=O) groups excluding carboxylic acids is 7. The summed E-state index contributed by atoms with van der Waals surface area (Å²) >= 11 is 20.9. The number of hydrogen-bond acceptors (Lipinski definition) is 12. The molecule has 2 aromatic carbocycles. The fraction of sp³-hybridized carbons (Fsp3) is 0.367. The number of aliphatic hydroxyl groups is 2. The van der Waals surface area contributed by atoms with Gasteiger partial charge in [0.25, 0.3) is 21.0 Å². The predicted molar refractivity (Wildman–Crippen MR) is 169 cm³/mol. The summed E-state index contributed by atoms with van der Waals surface area (Å²) in [6.45, 7) is 6.72. The van der Waals surface area contributed by atoms with Crippen molar-refractivity contribution in [3.8, 4) is 5.75 Å². The third-order valence-electron chi connectivity index (χ3n) is 5.31. The van der Waals surface area contributed by atoms with Crippen molar-refractivity contribution in [1.29, 1.82) is 0 Å². The molecule has 0 atom stereocenters.